The Morgan fingerprint density at radius 2 is 1.84 bits per heavy atom. The van der Waals surface area contributed by atoms with Crippen molar-refractivity contribution in [2.75, 3.05) is 12.0 Å². The Balaban J connectivity index is 2.43. The maximum atomic E-state index is 12.2. The lowest BCUT2D eigenvalue weighted by molar-refractivity contribution is -0.121. The van der Waals surface area contributed by atoms with Gasteiger partial charge in [0.1, 0.15) is 11.5 Å². The number of hydrogen-bond donors (Lipinski definition) is 2. The Bertz CT molecular complexity index is 1140. The third-order valence-corrected chi connectivity index (χ3v) is 5.38. The second-order valence-corrected chi connectivity index (χ2v) is 7.75. The van der Waals surface area contributed by atoms with Crippen molar-refractivity contribution in [3.05, 3.63) is 63.1 Å². The Kier molecular flexibility index (Phi) is 7.82. The Labute approximate surface area is 195 Å². The molecule has 0 radical (unpaired) electrons. The highest BCUT2D eigenvalue weighted by Crippen LogP contribution is 2.39. The van der Waals surface area contributed by atoms with Crippen LogP contribution < -0.4 is 5.43 Å². The van der Waals surface area contributed by atoms with Crippen molar-refractivity contribution in [3.63, 3.8) is 0 Å². The van der Waals surface area contributed by atoms with Crippen LogP contribution in [-0.2, 0) is 10.2 Å². The lowest BCUT2D eigenvalue weighted by atomic mass is 9.75. The van der Waals surface area contributed by atoms with Gasteiger partial charge >= 0.3 is 6.09 Å². The SMILES string of the molecule is CCN(C(=O)O)C(=O)C(C#N)=NNc1cc(C)c(C(C)(C#N)c2ccc(Cl)cc2)c(Cl)c1. The summed E-state index contributed by atoms with van der Waals surface area (Å²) < 4.78 is 0. The summed E-state index contributed by atoms with van der Waals surface area (Å²) in [6, 6.07) is 14.0. The van der Waals surface area contributed by atoms with Gasteiger partial charge in [0.25, 0.3) is 5.91 Å². The van der Waals surface area contributed by atoms with Gasteiger partial charge in [-0.25, -0.2) is 9.69 Å². The molecule has 2 aromatic rings. The number of aryl methyl sites for hydroxylation is 1. The summed E-state index contributed by atoms with van der Waals surface area (Å²) in [7, 11) is 0. The van der Waals surface area contributed by atoms with Crippen LogP contribution in [0.15, 0.2) is 41.5 Å². The van der Waals surface area contributed by atoms with Gasteiger partial charge in [-0.15, -0.1) is 0 Å². The first kappa shape index (κ1) is 24.7. The summed E-state index contributed by atoms with van der Waals surface area (Å²) in [5.41, 5.74) is 3.17. The number of hydrazone groups is 1. The molecular weight excluding hydrogens is 453 g/mol. The van der Waals surface area contributed by atoms with Crippen molar-refractivity contribution in [3.8, 4) is 12.1 Å². The number of hydrogen-bond acceptors (Lipinski definition) is 6. The fraction of sp³-hybridized carbons (Fsp3) is 0.227. The number of carbonyl (C=O) groups is 2. The van der Waals surface area contributed by atoms with E-state index in [0.29, 0.717) is 32.3 Å². The zero-order chi connectivity index (χ0) is 24.1. The van der Waals surface area contributed by atoms with Crippen molar-refractivity contribution in [2.45, 2.75) is 26.2 Å². The van der Waals surface area contributed by atoms with Crippen LogP contribution in [0.3, 0.4) is 0 Å². The molecule has 0 heterocycles. The van der Waals surface area contributed by atoms with Crippen molar-refractivity contribution in [1.29, 1.82) is 10.5 Å². The van der Waals surface area contributed by atoms with Gasteiger partial charge in [0, 0.05) is 16.6 Å². The molecule has 0 aliphatic rings. The van der Waals surface area contributed by atoms with Gasteiger partial charge in [-0.2, -0.15) is 15.6 Å². The molecule has 0 aliphatic heterocycles. The summed E-state index contributed by atoms with van der Waals surface area (Å²) in [5, 5.41) is 32.8. The van der Waals surface area contributed by atoms with Crippen LogP contribution in [-0.4, -0.2) is 34.3 Å². The first-order valence-electron chi connectivity index (χ1n) is 9.35. The van der Waals surface area contributed by atoms with Gasteiger partial charge in [-0.3, -0.25) is 10.2 Å². The Morgan fingerprint density at radius 1 is 1.22 bits per heavy atom. The highest BCUT2D eigenvalue weighted by Gasteiger charge is 2.33. The second-order valence-electron chi connectivity index (χ2n) is 6.91. The summed E-state index contributed by atoms with van der Waals surface area (Å²) in [6.45, 7) is 4.84. The van der Waals surface area contributed by atoms with E-state index in [1.54, 1.807) is 50.2 Å². The molecule has 164 valence electrons. The number of carboxylic acid groups (broad SMARTS) is 1. The molecule has 0 bridgehead atoms. The second kappa shape index (κ2) is 10.1. The minimum atomic E-state index is -1.48. The number of rotatable bonds is 6. The number of amides is 2. The predicted octanol–water partition coefficient (Wildman–Crippen LogP) is 4.95. The van der Waals surface area contributed by atoms with E-state index in [0.717, 1.165) is 0 Å². The molecule has 1 unspecified atom stereocenters. The quantitative estimate of drug-likeness (QED) is 0.452. The molecule has 0 saturated carbocycles. The van der Waals surface area contributed by atoms with E-state index >= 15 is 0 Å². The predicted molar refractivity (Wildman–Crippen MR) is 122 cm³/mol. The van der Waals surface area contributed by atoms with Crippen LogP contribution in [0, 0.1) is 29.6 Å². The average Bonchev–Trinajstić information content (AvgIpc) is 2.74. The number of nitrogens with zero attached hydrogens (tertiary/aromatic N) is 4. The molecule has 2 aromatic carbocycles. The molecule has 0 fully saturated rings. The minimum Gasteiger partial charge on any atom is -0.465 e. The minimum absolute atomic E-state index is 0.133. The number of imide groups is 1. The molecule has 10 heteroatoms. The monoisotopic (exact) mass is 471 g/mol. The third kappa shape index (κ3) is 5.00. The molecule has 2 N–H and O–H groups in total. The van der Waals surface area contributed by atoms with Crippen molar-refractivity contribution >= 4 is 46.6 Å². The molecule has 8 nitrogen and oxygen atoms in total. The van der Waals surface area contributed by atoms with Gasteiger partial charge in [0.05, 0.1) is 11.8 Å². The summed E-state index contributed by atoms with van der Waals surface area (Å²) in [4.78, 5) is 23.8. The van der Waals surface area contributed by atoms with Crippen LogP contribution in [0.1, 0.15) is 30.5 Å². The summed E-state index contributed by atoms with van der Waals surface area (Å²) >= 11 is 12.5. The molecule has 2 amide bonds. The number of nitrogens with one attached hydrogen (secondary N) is 1. The highest BCUT2D eigenvalue weighted by atomic mass is 35.5. The average molecular weight is 472 g/mol. The number of benzene rings is 2. The van der Waals surface area contributed by atoms with E-state index in [4.69, 9.17) is 28.3 Å². The van der Waals surface area contributed by atoms with Crippen molar-refractivity contribution in [2.24, 2.45) is 5.10 Å². The van der Waals surface area contributed by atoms with Gasteiger partial charge in [0.15, 0.2) is 0 Å². The van der Waals surface area contributed by atoms with Gasteiger partial charge < -0.3 is 5.11 Å². The normalized spacial score (nSPS) is 12.8. The Morgan fingerprint density at radius 3 is 2.31 bits per heavy atom. The van der Waals surface area contributed by atoms with Crippen molar-refractivity contribution in [1.82, 2.24) is 4.90 Å². The van der Waals surface area contributed by atoms with Crippen LogP contribution in [0.5, 0.6) is 0 Å². The smallest absolute Gasteiger partial charge is 0.414 e. The molecule has 0 saturated heterocycles. The van der Waals surface area contributed by atoms with Crippen molar-refractivity contribution < 1.29 is 14.7 Å². The molecule has 32 heavy (non-hydrogen) atoms. The fourth-order valence-electron chi connectivity index (χ4n) is 3.22. The lowest BCUT2D eigenvalue weighted by Gasteiger charge is -2.26. The molecular formula is C22H19Cl2N5O3. The number of nitriles is 2. The Hall–Kier alpha value is -3.59. The highest BCUT2D eigenvalue weighted by molar-refractivity contribution is 6.46. The van der Waals surface area contributed by atoms with E-state index < -0.39 is 23.1 Å². The van der Waals surface area contributed by atoms with E-state index in [9.17, 15) is 20.1 Å². The fourth-order valence-corrected chi connectivity index (χ4v) is 3.81. The molecule has 0 spiro atoms. The van der Waals surface area contributed by atoms with Crippen LogP contribution >= 0.6 is 23.2 Å². The summed E-state index contributed by atoms with van der Waals surface area (Å²) in [6.07, 6.45) is -1.48. The number of halogens is 2. The lowest BCUT2D eigenvalue weighted by Crippen LogP contribution is -2.40. The van der Waals surface area contributed by atoms with E-state index in [2.05, 4.69) is 16.6 Å². The van der Waals surface area contributed by atoms with Crippen LogP contribution in [0.2, 0.25) is 10.0 Å². The van der Waals surface area contributed by atoms with Crippen LogP contribution in [0.25, 0.3) is 0 Å². The molecule has 1 atom stereocenters. The zero-order valence-corrected chi connectivity index (χ0v) is 19.0. The summed E-state index contributed by atoms with van der Waals surface area (Å²) in [5.74, 6) is -1.05. The van der Waals surface area contributed by atoms with Gasteiger partial charge in [-0.05, 0) is 61.7 Å². The molecule has 0 aromatic heterocycles. The molecule has 2 rings (SSSR count). The van der Waals surface area contributed by atoms with Crippen LogP contribution in [0.4, 0.5) is 10.5 Å². The van der Waals surface area contributed by atoms with Gasteiger partial charge in [0.2, 0.25) is 5.71 Å². The zero-order valence-electron chi connectivity index (χ0n) is 17.5. The standard InChI is InChI=1S/C22H19Cl2N5O3/c1-4-29(21(31)32)20(30)18(11-25)28-27-16-9-13(2)19(17(24)10-16)22(3,12-26)14-5-7-15(23)8-6-14/h5-10,27H,4H2,1-3H3,(H,31,32). The number of anilines is 1. The molecule has 0 aliphatic carbocycles. The first-order chi connectivity index (χ1) is 15.1. The first-order valence-corrected chi connectivity index (χ1v) is 10.1. The van der Waals surface area contributed by atoms with E-state index in [-0.39, 0.29) is 11.6 Å². The topological polar surface area (TPSA) is 130 Å². The number of carbonyl (C=O) groups excluding carboxylic acids is 1. The van der Waals surface area contributed by atoms with Gasteiger partial charge in [-0.1, -0.05) is 35.3 Å². The maximum Gasteiger partial charge on any atom is 0.414 e. The maximum absolute atomic E-state index is 12.2. The van der Waals surface area contributed by atoms with E-state index in [1.807, 2.05) is 0 Å². The largest absolute Gasteiger partial charge is 0.465 e. The van der Waals surface area contributed by atoms with E-state index in [1.165, 1.54) is 13.0 Å². The third-order valence-electron chi connectivity index (χ3n) is 4.83.